The molecule has 1 aliphatic carbocycles. The fourth-order valence-corrected chi connectivity index (χ4v) is 2.57. The van der Waals surface area contributed by atoms with Gasteiger partial charge in [0.15, 0.2) is 0 Å². The summed E-state index contributed by atoms with van der Waals surface area (Å²) >= 11 is 0. The van der Waals surface area contributed by atoms with Crippen molar-refractivity contribution < 1.29 is 15.3 Å². The summed E-state index contributed by atoms with van der Waals surface area (Å²) in [6, 6.07) is 0. The van der Waals surface area contributed by atoms with Crippen molar-refractivity contribution in [2.24, 2.45) is 11.8 Å². The third-order valence-electron chi connectivity index (χ3n) is 4.04. The molecular formula is C17H30O3. The fourth-order valence-electron chi connectivity index (χ4n) is 2.57. The van der Waals surface area contributed by atoms with Crippen LogP contribution in [0, 0.1) is 11.8 Å². The first-order chi connectivity index (χ1) is 9.49. The summed E-state index contributed by atoms with van der Waals surface area (Å²) in [5, 5.41) is 29.5. The number of aliphatic hydroxyl groups is 3. The molecule has 0 bridgehead atoms. The molecule has 0 radical (unpaired) electrons. The number of aliphatic hydroxyl groups excluding tert-OH is 3. The van der Waals surface area contributed by atoms with E-state index in [9.17, 15) is 15.3 Å². The van der Waals surface area contributed by atoms with Gasteiger partial charge in [0.05, 0.1) is 18.3 Å². The highest BCUT2D eigenvalue weighted by molar-refractivity contribution is 4.99. The van der Waals surface area contributed by atoms with Gasteiger partial charge in [-0.3, -0.25) is 0 Å². The van der Waals surface area contributed by atoms with Gasteiger partial charge in [0.2, 0.25) is 0 Å². The summed E-state index contributed by atoms with van der Waals surface area (Å²) in [6.45, 7) is 4.38. The number of allylic oxidation sites excluding steroid dienone is 1. The molecule has 4 atom stereocenters. The van der Waals surface area contributed by atoms with E-state index >= 15 is 0 Å². The SMILES string of the molecule is CC(C)[C@H]1/C=C/[C@@H](O)C/C=C/[C@@H](O)CC[C@@H](O)CCC1. The zero-order valence-corrected chi connectivity index (χ0v) is 12.8. The van der Waals surface area contributed by atoms with E-state index in [4.69, 9.17) is 0 Å². The van der Waals surface area contributed by atoms with Crippen LogP contribution in [0.2, 0.25) is 0 Å². The van der Waals surface area contributed by atoms with Crippen LogP contribution in [0.4, 0.5) is 0 Å². The van der Waals surface area contributed by atoms with E-state index in [1.54, 1.807) is 6.08 Å². The molecule has 0 aromatic rings. The summed E-state index contributed by atoms with van der Waals surface area (Å²) in [4.78, 5) is 0. The van der Waals surface area contributed by atoms with Gasteiger partial charge in [-0.25, -0.2) is 0 Å². The monoisotopic (exact) mass is 282 g/mol. The van der Waals surface area contributed by atoms with Gasteiger partial charge < -0.3 is 15.3 Å². The minimum absolute atomic E-state index is 0.316. The zero-order chi connectivity index (χ0) is 15.0. The van der Waals surface area contributed by atoms with Crippen molar-refractivity contribution >= 4 is 0 Å². The van der Waals surface area contributed by atoms with Crippen molar-refractivity contribution in [3.8, 4) is 0 Å². The molecule has 3 heteroatoms. The first-order valence-corrected chi connectivity index (χ1v) is 7.88. The number of hydrogen-bond acceptors (Lipinski definition) is 3. The molecule has 0 saturated heterocycles. The average molecular weight is 282 g/mol. The van der Waals surface area contributed by atoms with Gasteiger partial charge in [0.1, 0.15) is 0 Å². The third-order valence-corrected chi connectivity index (χ3v) is 4.04. The maximum Gasteiger partial charge on any atom is 0.0755 e. The predicted octanol–water partition coefficient (Wildman–Crippen LogP) is 2.81. The maximum atomic E-state index is 9.91. The summed E-state index contributed by atoms with van der Waals surface area (Å²) in [5.41, 5.74) is 0. The molecule has 116 valence electrons. The van der Waals surface area contributed by atoms with Crippen LogP contribution in [-0.2, 0) is 0 Å². The smallest absolute Gasteiger partial charge is 0.0755 e. The number of hydrogen-bond donors (Lipinski definition) is 3. The van der Waals surface area contributed by atoms with E-state index in [2.05, 4.69) is 19.9 Å². The molecule has 3 nitrogen and oxygen atoms in total. The van der Waals surface area contributed by atoms with Crippen molar-refractivity contribution in [1.82, 2.24) is 0 Å². The summed E-state index contributed by atoms with van der Waals surface area (Å²) < 4.78 is 0. The Kier molecular flexibility index (Phi) is 8.12. The lowest BCUT2D eigenvalue weighted by molar-refractivity contribution is 0.122. The Morgan fingerprint density at radius 1 is 0.850 bits per heavy atom. The lowest BCUT2D eigenvalue weighted by atomic mass is 9.88. The summed E-state index contributed by atoms with van der Waals surface area (Å²) in [7, 11) is 0. The number of rotatable bonds is 1. The van der Waals surface area contributed by atoms with E-state index in [1.807, 2.05) is 12.2 Å². The maximum absolute atomic E-state index is 9.91. The molecule has 0 spiro atoms. The summed E-state index contributed by atoms with van der Waals surface area (Å²) in [6.07, 6.45) is 10.7. The van der Waals surface area contributed by atoms with E-state index in [1.165, 1.54) is 0 Å². The van der Waals surface area contributed by atoms with Crippen LogP contribution in [-0.4, -0.2) is 33.6 Å². The van der Waals surface area contributed by atoms with Crippen LogP contribution >= 0.6 is 0 Å². The van der Waals surface area contributed by atoms with E-state index in [0.29, 0.717) is 31.1 Å². The molecule has 0 fully saturated rings. The Bertz CT molecular complexity index is 309. The molecule has 0 saturated carbocycles. The first-order valence-electron chi connectivity index (χ1n) is 7.88. The van der Waals surface area contributed by atoms with E-state index in [0.717, 1.165) is 19.3 Å². The quantitative estimate of drug-likeness (QED) is 0.648. The molecule has 0 aromatic heterocycles. The normalized spacial score (nSPS) is 37.3. The molecule has 1 aliphatic rings. The third kappa shape index (κ3) is 7.22. The highest BCUT2D eigenvalue weighted by Crippen LogP contribution is 2.22. The second-order valence-corrected chi connectivity index (χ2v) is 6.25. The molecular weight excluding hydrogens is 252 g/mol. The van der Waals surface area contributed by atoms with Crippen LogP contribution in [0.3, 0.4) is 0 Å². The Morgan fingerprint density at radius 3 is 2.30 bits per heavy atom. The van der Waals surface area contributed by atoms with Crippen molar-refractivity contribution in [3.63, 3.8) is 0 Å². The van der Waals surface area contributed by atoms with Gasteiger partial charge in [-0.1, -0.05) is 44.6 Å². The fraction of sp³-hybridized carbons (Fsp3) is 0.765. The van der Waals surface area contributed by atoms with Crippen molar-refractivity contribution in [3.05, 3.63) is 24.3 Å². The molecule has 0 heterocycles. The van der Waals surface area contributed by atoms with Crippen LogP contribution in [0.1, 0.15) is 52.4 Å². The van der Waals surface area contributed by atoms with Crippen LogP contribution in [0.15, 0.2) is 24.3 Å². The van der Waals surface area contributed by atoms with Gasteiger partial charge in [-0.05, 0) is 43.9 Å². The first kappa shape index (κ1) is 17.4. The van der Waals surface area contributed by atoms with Gasteiger partial charge >= 0.3 is 0 Å². The predicted molar refractivity (Wildman–Crippen MR) is 82.3 cm³/mol. The Hall–Kier alpha value is -0.640. The largest absolute Gasteiger partial charge is 0.393 e. The molecule has 20 heavy (non-hydrogen) atoms. The molecule has 0 unspecified atom stereocenters. The van der Waals surface area contributed by atoms with Gasteiger partial charge in [0, 0.05) is 0 Å². The molecule has 0 aliphatic heterocycles. The van der Waals surface area contributed by atoms with Crippen LogP contribution in [0.5, 0.6) is 0 Å². The molecule has 1 rings (SSSR count). The van der Waals surface area contributed by atoms with Crippen molar-refractivity contribution in [1.29, 1.82) is 0 Å². The van der Waals surface area contributed by atoms with Gasteiger partial charge in [-0.2, -0.15) is 0 Å². The second-order valence-electron chi connectivity index (χ2n) is 6.25. The molecule has 0 aromatic carbocycles. The van der Waals surface area contributed by atoms with Crippen LogP contribution < -0.4 is 0 Å². The molecule has 0 amide bonds. The summed E-state index contributed by atoms with van der Waals surface area (Å²) in [5.74, 6) is 0.996. The van der Waals surface area contributed by atoms with Crippen molar-refractivity contribution in [2.45, 2.75) is 70.7 Å². The minimum Gasteiger partial charge on any atom is -0.393 e. The van der Waals surface area contributed by atoms with E-state index in [-0.39, 0.29) is 6.10 Å². The minimum atomic E-state index is -0.521. The van der Waals surface area contributed by atoms with Crippen molar-refractivity contribution in [2.75, 3.05) is 0 Å². The second kappa shape index (κ2) is 9.32. The average Bonchev–Trinajstić information content (AvgIpc) is 2.39. The molecule has 3 N–H and O–H groups in total. The van der Waals surface area contributed by atoms with Crippen LogP contribution in [0.25, 0.3) is 0 Å². The van der Waals surface area contributed by atoms with E-state index < -0.39 is 12.2 Å². The highest BCUT2D eigenvalue weighted by atomic mass is 16.3. The Labute approximate surface area is 123 Å². The Balaban J connectivity index is 2.66. The lowest BCUT2D eigenvalue weighted by Crippen LogP contribution is -2.14. The van der Waals surface area contributed by atoms with Gasteiger partial charge in [0.25, 0.3) is 0 Å². The topological polar surface area (TPSA) is 60.7 Å². The Morgan fingerprint density at radius 2 is 1.60 bits per heavy atom. The zero-order valence-electron chi connectivity index (χ0n) is 12.8. The highest BCUT2D eigenvalue weighted by Gasteiger charge is 2.13. The van der Waals surface area contributed by atoms with Gasteiger partial charge in [-0.15, -0.1) is 0 Å². The standard InChI is InChI=1S/C17H30O3/c1-13(2)14-5-3-6-16(19)11-12-17(20)8-4-7-15(18)10-9-14/h4,8-10,13-20H,3,5-7,11-12H2,1-2H3/b8-4+,10-9+/t14-,15+,16+,17-/m1/s1. The lowest BCUT2D eigenvalue weighted by Gasteiger charge is -2.19.